The molecule has 0 aromatic heterocycles. The number of aromatic carboxylic acids is 1. The molecule has 0 bridgehead atoms. The summed E-state index contributed by atoms with van der Waals surface area (Å²) in [5.74, 6) is -1.43. The number of carbonyl (C=O) groups is 2. The van der Waals surface area contributed by atoms with Crippen LogP contribution in [0.2, 0.25) is 0 Å². The van der Waals surface area contributed by atoms with Gasteiger partial charge in [0.05, 0.1) is 16.9 Å². The zero-order valence-corrected chi connectivity index (χ0v) is 9.80. The second-order valence-corrected chi connectivity index (χ2v) is 4.33. The number of carbonyl (C=O) groups excluding carboxylic acids is 1. The number of benzene rings is 1. The number of amides is 1. The van der Waals surface area contributed by atoms with Crippen molar-refractivity contribution >= 4 is 23.3 Å². The molecule has 1 aromatic rings. The summed E-state index contributed by atoms with van der Waals surface area (Å²) in [4.78, 5) is 24.1. The Morgan fingerprint density at radius 1 is 1.39 bits per heavy atom. The van der Waals surface area contributed by atoms with Gasteiger partial charge in [0.25, 0.3) is 0 Å². The maximum Gasteiger partial charge on any atom is 0.335 e. The molecule has 1 heterocycles. The van der Waals surface area contributed by atoms with Gasteiger partial charge in [-0.3, -0.25) is 4.79 Å². The SMILES string of the molecule is NC(=O)C1CCCN1c1cc(C(=O)O)ccc1N. The number of nitrogens with zero attached hydrogens (tertiary/aromatic N) is 1. The van der Waals surface area contributed by atoms with Crippen molar-refractivity contribution in [3.8, 4) is 0 Å². The van der Waals surface area contributed by atoms with Crippen molar-refractivity contribution in [3.05, 3.63) is 23.8 Å². The van der Waals surface area contributed by atoms with Gasteiger partial charge in [-0.15, -0.1) is 0 Å². The third kappa shape index (κ3) is 2.09. The highest BCUT2D eigenvalue weighted by Crippen LogP contribution is 2.31. The van der Waals surface area contributed by atoms with Crippen molar-refractivity contribution in [2.45, 2.75) is 18.9 Å². The van der Waals surface area contributed by atoms with Crippen molar-refractivity contribution in [1.82, 2.24) is 0 Å². The zero-order chi connectivity index (χ0) is 13.3. The number of nitrogen functional groups attached to an aromatic ring is 1. The van der Waals surface area contributed by atoms with E-state index in [4.69, 9.17) is 16.6 Å². The predicted octanol–water partition coefficient (Wildman–Crippen LogP) is 0.421. The van der Waals surface area contributed by atoms with Crippen molar-refractivity contribution in [3.63, 3.8) is 0 Å². The number of anilines is 2. The van der Waals surface area contributed by atoms with E-state index in [9.17, 15) is 9.59 Å². The lowest BCUT2D eigenvalue weighted by Crippen LogP contribution is -2.40. The molecule has 1 unspecified atom stereocenters. The van der Waals surface area contributed by atoms with Gasteiger partial charge in [0.2, 0.25) is 5.91 Å². The molecular formula is C12H15N3O3. The van der Waals surface area contributed by atoms with Crippen LogP contribution in [0.1, 0.15) is 23.2 Å². The van der Waals surface area contributed by atoms with Crippen LogP contribution in [0, 0.1) is 0 Å². The summed E-state index contributed by atoms with van der Waals surface area (Å²) in [6.07, 6.45) is 1.51. The van der Waals surface area contributed by atoms with Gasteiger partial charge >= 0.3 is 5.97 Å². The Morgan fingerprint density at radius 2 is 2.11 bits per heavy atom. The summed E-state index contributed by atoms with van der Waals surface area (Å²) in [7, 11) is 0. The summed E-state index contributed by atoms with van der Waals surface area (Å²) in [6, 6.07) is 4.06. The molecule has 1 fully saturated rings. The third-order valence-corrected chi connectivity index (χ3v) is 3.17. The van der Waals surface area contributed by atoms with Crippen molar-refractivity contribution in [2.24, 2.45) is 5.73 Å². The number of carboxylic acids is 1. The Hall–Kier alpha value is -2.24. The Bertz CT molecular complexity index is 501. The van der Waals surface area contributed by atoms with E-state index in [1.54, 1.807) is 4.90 Å². The summed E-state index contributed by atoms with van der Waals surface area (Å²) < 4.78 is 0. The number of hydrogen-bond donors (Lipinski definition) is 3. The first-order valence-electron chi connectivity index (χ1n) is 5.69. The average molecular weight is 249 g/mol. The third-order valence-electron chi connectivity index (χ3n) is 3.17. The number of primary amides is 1. The second kappa shape index (κ2) is 4.56. The number of nitrogens with two attached hydrogens (primary N) is 2. The average Bonchev–Trinajstić information content (AvgIpc) is 2.78. The lowest BCUT2D eigenvalue weighted by atomic mass is 10.1. The normalized spacial score (nSPS) is 18.9. The molecule has 18 heavy (non-hydrogen) atoms. The van der Waals surface area contributed by atoms with E-state index in [0.717, 1.165) is 6.42 Å². The summed E-state index contributed by atoms with van der Waals surface area (Å²) >= 11 is 0. The number of carboxylic acid groups (broad SMARTS) is 1. The molecule has 1 saturated heterocycles. The minimum Gasteiger partial charge on any atom is -0.478 e. The van der Waals surface area contributed by atoms with Crippen LogP contribution in [-0.2, 0) is 4.79 Å². The molecule has 1 aliphatic rings. The lowest BCUT2D eigenvalue weighted by molar-refractivity contribution is -0.119. The predicted molar refractivity (Wildman–Crippen MR) is 67.4 cm³/mol. The van der Waals surface area contributed by atoms with Gasteiger partial charge < -0.3 is 21.5 Å². The first-order chi connectivity index (χ1) is 8.50. The fraction of sp³-hybridized carbons (Fsp3) is 0.333. The van der Waals surface area contributed by atoms with Gasteiger partial charge in [-0.1, -0.05) is 0 Å². The molecule has 0 saturated carbocycles. The van der Waals surface area contributed by atoms with Crippen LogP contribution in [0.3, 0.4) is 0 Å². The van der Waals surface area contributed by atoms with E-state index < -0.39 is 17.9 Å². The Labute approximate surface area is 104 Å². The molecule has 0 spiro atoms. The van der Waals surface area contributed by atoms with Crippen LogP contribution in [0.15, 0.2) is 18.2 Å². The molecule has 1 aromatic carbocycles. The largest absolute Gasteiger partial charge is 0.478 e. The van der Waals surface area contributed by atoms with Gasteiger partial charge in [0.1, 0.15) is 6.04 Å². The van der Waals surface area contributed by atoms with Gasteiger partial charge in [-0.25, -0.2) is 4.79 Å². The molecule has 6 nitrogen and oxygen atoms in total. The molecule has 1 amide bonds. The maximum atomic E-state index is 11.3. The molecule has 0 aliphatic carbocycles. The Balaban J connectivity index is 2.40. The molecule has 5 N–H and O–H groups in total. The van der Waals surface area contributed by atoms with Crippen molar-refractivity contribution in [1.29, 1.82) is 0 Å². The van der Waals surface area contributed by atoms with Gasteiger partial charge in [0, 0.05) is 6.54 Å². The smallest absolute Gasteiger partial charge is 0.335 e. The molecule has 0 radical (unpaired) electrons. The monoisotopic (exact) mass is 249 g/mol. The Kier molecular flexibility index (Phi) is 3.10. The van der Waals surface area contributed by atoms with E-state index in [1.807, 2.05) is 0 Å². The van der Waals surface area contributed by atoms with Crippen LogP contribution in [-0.4, -0.2) is 29.6 Å². The minimum atomic E-state index is -1.02. The summed E-state index contributed by atoms with van der Waals surface area (Å²) in [6.45, 7) is 0.654. The molecule has 1 aliphatic heterocycles. The first kappa shape index (κ1) is 12.2. The highest BCUT2D eigenvalue weighted by Gasteiger charge is 2.30. The van der Waals surface area contributed by atoms with Crippen molar-refractivity contribution in [2.75, 3.05) is 17.2 Å². The number of rotatable bonds is 3. The molecule has 6 heteroatoms. The van der Waals surface area contributed by atoms with Crippen molar-refractivity contribution < 1.29 is 14.7 Å². The standard InChI is InChI=1S/C12H15N3O3/c13-8-4-3-7(12(17)18)6-10(8)15-5-1-2-9(15)11(14)16/h3-4,6,9H,1-2,5,13H2,(H2,14,16)(H,17,18). The van der Waals surface area contributed by atoms with Gasteiger partial charge in [-0.05, 0) is 31.0 Å². The van der Waals surface area contributed by atoms with Crippen LogP contribution in [0.4, 0.5) is 11.4 Å². The van der Waals surface area contributed by atoms with E-state index in [0.29, 0.717) is 24.3 Å². The number of hydrogen-bond acceptors (Lipinski definition) is 4. The molecule has 1 atom stereocenters. The second-order valence-electron chi connectivity index (χ2n) is 4.33. The maximum absolute atomic E-state index is 11.3. The quantitative estimate of drug-likeness (QED) is 0.672. The van der Waals surface area contributed by atoms with Crippen LogP contribution < -0.4 is 16.4 Å². The van der Waals surface area contributed by atoms with Gasteiger partial charge in [-0.2, -0.15) is 0 Å². The Morgan fingerprint density at radius 3 is 2.72 bits per heavy atom. The highest BCUT2D eigenvalue weighted by molar-refractivity contribution is 5.92. The first-order valence-corrected chi connectivity index (χ1v) is 5.69. The summed E-state index contributed by atoms with van der Waals surface area (Å²) in [5, 5.41) is 8.97. The fourth-order valence-corrected chi connectivity index (χ4v) is 2.28. The molecular weight excluding hydrogens is 234 g/mol. The van der Waals surface area contributed by atoms with E-state index in [1.165, 1.54) is 18.2 Å². The van der Waals surface area contributed by atoms with E-state index in [-0.39, 0.29) is 5.56 Å². The molecule has 96 valence electrons. The fourth-order valence-electron chi connectivity index (χ4n) is 2.28. The van der Waals surface area contributed by atoms with E-state index in [2.05, 4.69) is 0 Å². The highest BCUT2D eigenvalue weighted by atomic mass is 16.4. The minimum absolute atomic E-state index is 0.148. The van der Waals surface area contributed by atoms with E-state index >= 15 is 0 Å². The van der Waals surface area contributed by atoms with Crippen LogP contribution in [0.5, 0.6) is 0 Å². The van der Waals surface area contributed by atoms with Crippen LogP contribution >= 0.6 is 0 Å². The molecule has 2 rings (SSSR count). The van der Waals surface area contributed by atoms with Crippen LogP contribution in [0.25, 0.3) is 0 Å². The lowest BCUT2D eigenvalue weighted by Gasteiger charge is -2.26. The topological polar surface area (TPSA) is 110 Å². The summed E-state index contributed by atoms with van der Waals surface area (Å²) in [5.41, 5.74) is 12.3. The zero-order valence-electron chi connectivity index (χ0n) is 9.80. The van der Waals surface area contributed by atoms with Gasteiger partial charge in [0.15, 0.2) is 0 Å².